The number of phosphoric ester groups is 2. The summed E-state index contributed by atoms with van der Waals surface area (Å²) in [5, 5.41) is 10.6. The van der Waals surface area contributed by atoms with Gasteiger partial charge in [-0.25, -0.2) is 9.13 Å². The minimum atomic E-state index is -5.00. The van der Waals surface area contributed by atoms with E-state index >= 15 is 0 Å². The van der Waals surface area contributed by atoms with Gasteiger partial charge in [-0.2, -0.15) is 0 Å². The van der Waals surface area contributed by atoms with Crippen molar-refractivity contribution in [1.29, 1.82) is 0 Å². The molecule has 102 heavy (non-hydrogen) atoms. The van der Waals surface area contributed by atoms with Crippen LogP contribution in [0.1, 0.15) is 310 Å². The van der Waals surface area contributed by atoms with Crippen molar-refractivity contribution in [3.8, 4) is 0 Å². The summed E-state index contributed by atoms with van der Waals surface area (Å²) in [4.78, 5) is 72.9. The molecule has 0 aromatic rings. The molecule has 0 spiro atoms. The highest BCUT2D eigenvalue weighted by Gasteiger charge is 2.30. The summed E-state index contributed by atoms with van der Waals surface area (Å²) in [5.41, 5.74) is 0. The minimum Gasteiger partial charge on any atom is -0.462 e. The Morgan fingerprint density at radius 1 is 0.294 bits per heavy atom. The Kier molecular flexibility index (Phi) is 71.0. The van der Waals surface area contributed by atoms with Gasteiger partial charge in [-0.05, 0) is 122 Å². The number of aliphatic hydroxyl groups is 1. The molecule has 0 radical (unpaired) electrons. The van der Waals surface area contributed by atoms with Gasteiger partial charge in [0.05, 0.1) is 32.8 Å². The number of carbonyl (C=O) groups is 4. The van der Waals surface area contributed by atoms with E-state index in [1.54, 1.807) is 6.08 Å². The summed E-state index contributed by atoms with van der Waals surface area (Å²) in [6.45, 7) is 4.48. The normalized spacial score (nSPS) is 14.6. The van der Waals surface area contributed by atoms with Crippen LogP contribution in [-0.4, -0.2) is 96.7 Å². The molecule has 0 saturated heterocycles. The lowest BCUT2D eigenvalue weighted by atomic mass is 10.0. The van der Waals surface area contributed by atoms with Crippen LogP contribution < -0.4 is 0 Å². The molecule has 19 heteroatoms. The molecule has 0 aromatic carbocycles. The van der Waals surface area contributed by atoms with Gasteiger partial charge >= 0.3 is 39.5 Å². The second kappa shape index (κ2) is 74.5. The van der Waals surface area contributed by atoms with Crippen LogP contribution in [0.2, 0.25) is 0 Å². The van der Waals surface area contributed by atoms with Crippen LogP contribution in [0, 0.1) is 0 Å². The van der Waals surface area contributed by atoms with Crippen molar-refractivity contribution in [1.82, 2.24) is 0 Å². The number of ether oxygens (including phenoxy) is 4. The Hall–Kier alpha value is -4.80. The van der Waals surface area contributed by atoms with E-state index in [4.69, 9.17) is 37.0 Å². The summed E-state index contributed by atoms with van der Waals surface area (Å²) < 4.78 is 68.4. The maximum Gasteiger partial charge on any atom is 0.472 e. The molecule has 17 nitrogen and oxygen atoms in total. The molecule has 0 aromatic heterocycles. The summed E-state index contributed by atoms with van der Waals surface area (Å²) in [6.07, 6.45) is 83.2. The van der Waals surface area contributed by atoms with Crippen LogP contribution in [-0.2, 0) is 65.4 Å². The van der Waals surface area contributed by atoms with Crippen molar-refractivity contribution in [2.45, 2.75) is 329 Å². The van der Waals surface area contributed by atoms with Crippen molar-refractivity contribution in [2.75, 3.05) is 39.6 Å². The molecule has 0 aliphatic rings. The fraction of sp³-hybridized carbons (Fsp3) is 0.687. The predicted molar refractivity (Wildman–Crippen MR) is 418 cm³/mol. The van der Waals surface area contributed by atoms with Gasteiger partial charge in [0.15, 0.2) is 12.2 Å². The van der Waals surface area contributed by atoms with Gasteiger partial charge in [-0.15, -0.1) is 0 Å². The quantitative estimate of drug-likeness (QED) is 0.0169. The van der Waals surface area contributed by atoms with Gasteiger partial charge in [0.2, 0.25) is 0 Å². The Morgan fingerprint density at radius 3 is 0.892 bits per heavy atom. The fourth-order valence-electron chi connectivity index (χ4n) is 10.2. The average Bonchev–Trinajstić information content (AvgIpc) is 0.919. The summed E-state index contributed by atoms with van der Waals surface area (Å²) >= 11 is 0. The van der Waals surface area contributed by atoms with E-state index in [-0.39, 0.29) is 25.7 Å². The second-order valence-electron chi connectivity index (χ2n) is 25.9. The third kappa shape index (κ3) is 73.5. The van der Waals surface area contributed by atoms with E-state index < -0.39 is 97.5 Å². The highest BCUT2D eigenvalue weighted by Crippen LogP contribution is 2.45. The van der Waals surface area contributed by atoms with Crippen molar-refractivity contribution in [2.24, 2.45) is 0 Å². The first-order valence-electron chi connectivity index (χ1n) is 39.4. The van der Waals surface area contributed by atoms with E-state index in [9.17, 15) is 43.2 Å². The van der Waals surface area contributed by atoms with Gasteiger partial charge in [-0.3, -0.25) is 37.3 Å². The lowest BCUT2D eigenvalue weighted by molar-refractivity contribution is -0.161. The van der Waals surface area contributed by atoms with E-state index in [1.165, 1.54) is 70.6 Å². The molecule has 584 valence electrons. The zero-order valence-corrected chi connectivity index (χ0v) is 65.5. The van der Waals surface area contributed by atoms with Crippen molar-refractivity contribution < 1.29 is 80.2 Å². The van der Waals surface area contributed by atoms with Crippen LogP contribution in [0.3, 0.4) is 0 Å². The smallest absolute Gasteiger partial charge is 0.462 e. The van der Waals surface area contributed by atoms with Gasteiger partial charge < -0.3 is 33.8 Å². The summed E-state index contributed by atoms with van der Waals surface area (Å²) in [6, 6.07) is 0. The zero-order valence-electron chi connectivity index (χ0n) is 63.7. The molecule has 0 rings (SSSR count). The van der Waals surface area contributed by atoms with Crippen LogP contribution >= 0.6 is 15.6 Å². The lowest BCUT2D eigenvalue weighted by Crippen LogP contribution is -2.30. The minimum absolute atomic E-state index is 0.0530. The Balaban J connectivity index is 5.42. The molecule has 3 N–H and O–H groups in total. The first kappa shape index (κ1) is 97.2. The Bertz CT molecular complexity index is 2460. The topological polar surface area (TPSA) is 237 Å². The van der Waals surface area contributed by atoms with Crippen molar-refractivity contribution in [3.63, 3.8) is 0 Å². The predicted octanol–water partition coefficient (Wildman–Crippen LogP) is 22.9. The van der Waals surface area contributed by atoms with E-state index in [2.05, 4.69) is 137 Å². The maximum absolute atomic E-state index is 13.1. The second-order valence-corrected chi connectivity index (χ2v) is 28.8. The molecule has 0 fully saturated rings. The number of phosphoric acid groups is 2. The number of esters is 4. The summed E-state index contributed by atoms with van der Waals surface area (Å²) in [7, 11) is -9.99. The van der Waals surface area contributed by atoms with Crippen LogP contribution in [0.15, 0.2) is 134 Å². The van der Waals surface area contributed by atoms with Crippen LogP contribution in [0.4, 0.5) is 0 Å². The average molecular weight is 1470 g/mol. The van der Waals surface area contributed by atoms with Crippen LogP contribution in [0.25, 0.3) is 0 Å². The number of hydrogen-bond donors (Lipinski definition) is 3. The molecule has 0 saturated carbocycles. The highest BCUT2D eigenvalue weighted by atomic mass is 31.2. The number of carbonyl (C=O) groups excluding carboxylic acids is 4. The SMILES string of the molecule is CC/C=C\C/C=C\C/C=C\C/C=C\C/C=C\CC(=O)OCC(COP(=O)(O)OCC(O)COP(=O)(O)OCC(COC(=O)CCCCCCCC/C=C\C/C=C\C/C=C\CCCCC)OC(=O)CCCCCCCCCCCCCCC)OC(=O)CCCCCCC/C=C\C/C=C\C/C=C\CC. The molecule has 5 atom stereocenters. The van der Waals surface area contributed by atoms with Gasteiger partial charge in [0, 0.05) is 19.3 Å². The Morgan fingerprint density at radius 2 is 0.549 bits per heavy atom. The van der Waals surface area contributed by atoms with Gasteiger partial charge in [-0.1, -0.05) is 296 Å². The number of allylic oxidation sites excluding steroid dienone is 21. The third-order valence-corrected chi connectivity index (χ3v) is 18.0. The largest absolute Gasteiger partial charge is 0.472 e. The third-order valence-electron chi connectivity index (χ3n) is 16.1. The molecule has 0 bridgehead atoms. The molecule has 0 amide bonds. The Labute approximate surface area is 618 Å². The molecule has 5 unspecified atom stereocenters. The number of unbranched alkanes of at least 4 members (excludes halogenated alkanes) is 26. The zero-order chi connectivity index (χ0) is 74.6. The first-order chi connectivity index (χ1) is 49.7. The molecule has 0 aliphatic heterocycles. The number of rotatable bonds is 73. The van der Waals surface area contributed by atoms with E-state index in [0.29, 0.717) is 25.7 Å². The monoisotopic (exact) mass is 1470 g/mol. The molecule has 0 heterocycles. The maximum atomic E-state index is 13.1. The van der Waals surface area contributed by atoms with E-state index in [1.807, 2.05) is 18.2 Å². The summed E-state index contributed by atoms with van der Waals surface area (Å²) in [5.74, 6) is -2.35. The highest BCUT2D eigenvalue weighted by molar-refractivity contribution is 7.47. The first-order valence-corrected chi connectivity index (χ1v) is 42.4. The van der Waals surface area contributed by atoms with E-state index in [0.717, 1.165) is 161 Å². The molecule has 0 aliphatic carbocycles. The molecular weight excluding hydrogens is 1330 g/mol. The van der Waals surface area contributed by atoms with Crippen LogP contribution in [0.5, 0.6) is 0 Å². The number of aliphatic hydroxyl groups excluding tert-OH is 1. The van der Waals surface area contributed by atoms with Crippen molar-refractivity contribution >= 4 is 39.5 Å². The fourth-order valence-corrected chi connectivity index (χ4v) is 11.8. The lowest BCUT2D eigenvalue weighted by Gasteiger charge is -2.21. The standard InChI is InChI=1S/C83H140O17P2/c1-5-9-13-17-21-25-29-33-36-37-38-39-42-45-48-52-56-60-64-68-81(86)94-73-78(99-82(87)69-65-61-57-53-49-43-32-28-24-20-16-12-8-4)75-97-101(89,90)95-71-77(84)72-96-102(91,92)98-76-79(100-83(88)70-66-62-58-54-50-46-41-35-31-27-23-19-15-11-7-3)74-93-80(85)67-63-59-55-51-47-44-40-34-30-26-22-18-14-10-6-2/h10-11,14-15,21-23,25-27,33-36,38-41,47,51,59,63,77-79,84H,5-9,12-13,16-20,24,28-32,37,42-46,48-50,52-58,60-62,64-76H2,1-4H3,(H,89,90)(H,91,92)/b14-10-,15-11-,25-21-,26-22-,27-23-,36-33-,39-38-,40-34-,41-35-,51-47-,63-59-. The van der Waals surface area contributed by atoms with Gasteiger partial charge in [0.1, 0.15) is 19.3 Å². The molecular formula is C83H140O17P2. The van der Waals surface area contributed by atoms with Gasteiger partial charge in [0.25, 0.3) is 0 Å². The van der Waals surface area contributed by atoms with Crippen molar-refractivity contribution in [3.05, 3.63) is 134 Å². The number of hydrogen-bond acceptors (Lipinski definition) is 15.